The van der Waals surface area contributed by atoms with Crippen LogP contribution in [0.25, 0.3) is 0 Å². The predicted octanol–water partition coefficient (Wildman–Crippen LogP) is 3.03. The molecule has 2 aliphatic carbocycles. The van der Waals surface area contributed by atoms with Gasteiger partial charge in [0, 0.05) is 30.8 Å². The molecular weight excluding hydrogens is 238 g/mol. The summed E-state index contributed by atoms with van der Waals surface area (Å²) in [6.07, 6.45) is 6.88. The minimum Gasteiger partial charge on any atom is -0.342 e. The van der Waals surface area contributed by atoms with E-state index >= 15 is 0 Å². The Kier molecular flexibility index (Phi) is 5.00. The van der Waals surface area contributed by atoms with Gasteiger partial charge in [0.1, 0.15) is 5.78 Å². The van der Waals surface area contributed by atoms with Crippen molar-refractivity contribution in [2.45, 2.75) is 58.8 Å². The van der Waals surface area contributed by atoms with Gasteiger partial charge in [-0.2, -0.15) is 0 Å². The molecule has 3 nitrogen and oxygen atoms in total. The SMILES string of the molecule is CCCN(CCC)C(=O)C1CC2CCCC(C1)C2=O. The van der Waals surface area contributed by atoms with E-state index in [9.17, 15) is 9.59 Å². The monoisotopic (exact) mass is 265 g/mol. The second-order valence-electron chi connectivity index (χ2n) is 6.22. The molecule has 0 heterocycles. The lowest BCUT2D eigenvalue weighted by molar-refractivity contribution is -0.143. The number of carbonyl (C=O) groups excluding carboxylic acids is 2. The first kappa shape index (κ1) is 14.5. The fraction of sp³-hybridized carbons (Fsp3) is 0.875. The summed E-state index contributed by atoms with van der Waals surface area (Å²) >= 11 is 0. The summed E-state index contributed by atoms with van der Waals surface area (Å²) in [5, 5.41) is 0. The lowest BCUT2D eigenvalue weighted by Crippen LogP contribution is -2.44. The molecule has 0 N–H and O–H groups in total. The van der Waals surface area contributed by atoms with Crippen molar-refractivity contribution < 1.29 is 9.59 Å². The van der Waals surface area contributed by atoms with Crippen molar-refractivity contribution in [3.63, 3.8) is 0 Å². The van der Waals surface area contributed by atoms with Crippen LogP contribution in [0, 0.1) is 17.8 Å². The van der Waals surface area contributed by atoms with E-state index in [0.717, 1.165) is 51.6 Å². The first-order valence-corrected chi connectivity index (χ1v) is 7.99. The van der Waals surface area contributed by atoms with Gasteiger partial charge in [-0.1, -0.05) is 20.3 Å². The van der Waals surface area contributed by atoms with Crippen LogP contribution in [0.4, 0.5) is 0 Å². The fourth-order valence-electron chi connectivity index (χ4n) is 3.81. The van der Waals surface area contributed by atoms with Crippen molar-refractivity contribution in [3.05, 3.63) is 0 Å². The molecule has 0 aromatic heterocycles. The number of amides is 1. The quantitative estimate of drug-likeness (QED) is 0.766. The summed E-state index contributed by atoms with van der Waals surface area (Å²) < 4.78 is 0. The van der Waals surface area contributed by atoms with Crippen LogP contribution in [0.5, 0.6) is 0 Å². The van der Waals surface area contributed by atoms with Crippen LogP contribution in [0.2, 0.25) is 0 Å². The third-order valence-corrected chi connectivity index (χ3v) is 4.70. The summed E-state index contributed by atoms with van der Waals surface area (Å²) in [7, 11) is 0. The first-order valence-electron chi connectivity index (χ1n) is 7.99. The van der Waals surface area contributed by atoms with E-state index in [-0.39, 0.29) is 17.8 Å². The number of rotatable bonds is 5. The number of fused-ring (bicyclic) bond motifs is 2. The van der Waals surface area contributed by atoms with Gasteiger partial charge in [-0.3, -0.25) is 9.59 Å². The molecule has 2 unspecified atom stereocenters. The van der Waals surface area contributed by atoms with E-state index in [1.807, 2.05) is 4.90 Å². The van der Waals surface area contributed by atoms with E-state index in [1.54, 1.807) is 0 Å². The largest absolute Gasteiger partial charge is 0.342 e. The topological polar surface area (TPSA) is 37.4 Å². The molecule has 0 aromatic rings. The van der Waals surface area contributed by atoms with Crippen molar-refractivity contribution in [1.82, 2.24) is 4.90 Å². The third kappa shape index (κ3) is 3.18. The van der Waals surface area contributed by atoms with Crippen LogP contribution in [0.15, 0.2) is 0 Å². The van der Waals surface area contributed by atoms with Crippen molar-refractivity contribution in [2.24, 2.45) is 17.8 Å². The number of hydrogen-bond donors (Lipinski definition) is 0. The molecule has 2 atom stereocenters. The summed E-state index contributed by atoms with van der Waals surface area (Å²) in [5.74, 6) is 1.25. The summed E-state index contributed by atoms with van der Waals surface area (Å²) in [4.78, 5) is 26.7. The lowest BCUT2D eigenvalue weighted by Gasteiger charge is -2.38. The highest BCUT2D eigenvalue weighted by molar-refractivity contribution is 5.88. The Hall–Kier alpha value is -0.860. The Morgan fingerprint density at radius 3 is 2.11 bits per heavy atom. The molecule has 0 aromatic carbocycles. The molecule has 2 fully saturated rings. The Morgan fingerprint density at radius 1 is 1.11 bits per heavy atom. The second kappa shape index (κ2) is 6.53. The molecule has 2 rings (SSSR count). The standard InChI is InChI=1S/C16H27NO2/c1-3-8-17(9-4-2)16(19)14-10-12-6-5-7-13(11-14)15(12)18/h12-14H,3-11H2,1-2H3. The van der Waals surface area contributed by atoms with Gasteiger partial charge in [-0.25, -0.2) is 0 Å². The minimum absolute atomic E-state index is 0.117. The molecule has 108 valence electrons. The summed E-state index contributed by atoms with van der Waals surface area (Å²) in [5.41, 5.74) is 0. The van der Waals surface area contributed by atoms with Crippen LogP contribution in [0.1, 0.15) is 58.8 Å². The number of Topliss-reactive ketones (excluding diaryl/α,β-unsaturated/α-hetero) is 1. The van der Waals surface area contributed by atoms with Crippen LogP contribution in [-0.4, -0.2) is 29.7 Å². The smallest absolute Gasteiger partial charge is 0.225 e. The number of hydrogen-bond acceptors (Lipinski definition) is 2. The van der Waals surface area contributed by atoms with Gasteiger partial charge in [-0.05, 0) is 38.5 Å². The van der Waals surface area contributed by atoms with Gasteiger partial charge in [0.05, 0.1) is 0 Å². The highest BCUT2D eigenvalue weighted by atomic mass is 16.2. The van der Waals surface area contributed by atoms with Gasteiger partial charge < -0.3 is 4.90 Å². The molecule has 0 spiro atoms. The van der Waals surface area contributed by atoms with Crippen LogP contribution < -0.4 is 0 Å². The van der Waals surface area contributed by atoms with E-state index < -0.39 is 0 Å². The average Bonchev–Trinajstić information content (AvgIpc) is 2.37. The maximum absolute atomic E-state index is 12.6. The summed E-state index contributed by atoms with van der Waals surface area (Å²) in [6.45, 7) is 5.98. The van der Waals surface area contributed by atoms with Gasteiger partial charge >= 0.3 is 0 Å². The van der Waals surface area contributed by atoms with Gasteiger partial charge in [-0.15, -0.1) is 0 Å². The molecule has 0 saturated heterocycles. The maximum Gasteiger partial charge on any atom is 0.225 e. The zero-order valence-corrected chi connectivity index (χ0v) is 12.4. The van der Waals surface area contributed by atoms with Crippen molar-refractivity contribution in [3.8, 4) is 0 Å². The predicted molar refractivity (Wildman–Crippen MR) is 75.7 cm³/mol. The van der Waals surface area contributed by atoms with Crippen molar-refractivity contribution in [1.29, 1.82) is 0 Å². The van der Waals surface area contributed by atoms with E-state index in [2.05, 4.69) is 13.8 Å². The van der Waals surface area contributed by atoms with Gasteiger partial charge in [0.2, 0.25) is 5.91 Å². The average molecular weight is 265 g/mol. The van der Waals surface area contributed by atoms with Gasteiger partial charge in [0.15, 0.2) is 0 Å². The molecule has 0 radical (unpaired) electrons. The molecule has 2 saturated carbocycles. The zero-order valence-electron chi connectivity index (χ0n) is 12.4. The maximum atomic E-state index is 12.6. The molecule has 2 bridgehead atoms. The highest BCUT2D eigenvalue weighted by Gasteiger charge is 2.42. The van der Waals surface area contributed by atoms with Crippen LogP contribution in [-0.2, 0) is 9.59 Å². The van der Waals surface area contributed by atoms with Crippen molar-refractivity contribution in [2.75, 3.05) is 13.1 Å². The Morgan fingerprint density at radius 2 is 1.63 bits per heavy atom. The lowest BCUT2D eigenvalue weighted by atomic mass is 9.67. The number of ketones is 1. The Bertz CT molecular complexity index is 318. The molecule has 2 aliphatic rings. The van der Waals surface area contributed by atoms with Crippen LogP contribution in [0.3, 0.4) is 0 Å². The highest BCUT2D eigenvalue weighted by Crippen LogP contribution is 2.40. The molecule has 1 amide bonds. The van der Waals surface area contributed by atoms with Crippen LogP contribution >= 0.6 is 0 Å². The second-order valence-corrected chi connectivity index (χ2v) is 6.22. The summed E-state index contributed by atoms with van der Waals surface area (Å²) in [6, 6.07) is 0. The molecule has 19 heavy (non-hydrogen) atoms. The van der Waals surface area contributed by atoms with E-state index in [4.69, 9.17) is 0 Å². The van der Waals surface area contributed by atoms with Gasteiger partial charge in [0.25, 0.3) is 0 Å². The van der Waals surface area contributed by atoms with E-state index in [1.165, 1.54) is 6.42 Å². The normalized spacial score (nSPS) is 30.2. The third-order valence-electron chi connectivity index (χ3n) is 4.70. The molecular formula is C16H27NO2. The van der Waals surface area contributed by atoms with E-state index in [0.29, 0.717) is 11.7 Å². The fourth-order valence-corrected chi connectivity index (χ4v) is 3.81. The number of nitrogens with zero attached hydrogens (tertiary/aromatic N) is 1. The minimum atomic E-state index is 0.117. The number of carbonyl (C=O) groups is 2. The Balaban J connectivity index is 2.01. The molecule has 0 aliphatic heterocycles. The first-order chi connectivity index (χ1) is 9.17. The zero-order chi connectivity index (χ0) is 13.8. The Labute approximate surface area is 116 Å². The van der Waals surface area contributed by atoms with Crippen molar-refractivity contribution >= 4 is 11.7 Å². The molecule has 3 heteroatoms.